The number of hydrogen-bond donors (Lipinski definition) is 0. The summed E-state index contributed by atoms with van der Waals surface area (Å²) in [6.45, 7) is 8.59. The minimum Gasteiger partial charge on any atom is -0.492 e. The molecular weight excluding hydrogens is 392 g/mol. The number of carbonyl (C=O) groups excluding carboxylic acids is 2. The van der Waals surface area contributed by atoms with E-state index in [0.717, 1.165) is 0 Å². The van der Waals surface area contributed by atoms with E-state index in [4.69, 9.17) is 4.74 Å². The lowest BCUT2D eigenvalue weighted by molar-refractivity contribution is -0.142. The Morgan fingerprint density at radius 1 is 1.14 bits per heavy atom. The number of likely N-dealkylation sites (tertiary alicyclic amines) is 1. The highest BCUT2D eigenvalue weighted by molar-refractivity contribution is 7.89. The van der Waals surface area contributed by atoms with Crippen LogP contribution in [0.3, 0.4) is 0 Å². The molecule has 7 nitrogen and oxygen atoms in total. The standard InChI is InChI=1S/C21H30N2O5S/c1-16(24)13-23-14-21(9-11-22(12-10-21)19(25)20(2,3)4)15-28-17-7-5-6-8-18(17)29(23,26)27/h5-8H,9-15H2,1-4H3. The molecule has 2 aliphatic rings. The molecule has 0 radical (unpaired) electrons. The Kier molecular flexibility index (Phi) is 5.80. The van der Waals surface area contributed by atoms with Crippen LogP contribution in [0, 0.1) is 10.8 Å². The van der Waals surface area contributed by atoms with Crippen LogP contribution in [0.25, 0.3) is 0 Å². The van der Waals surface area contributed by atoms with Gasteiger partial charge >= 0.3 is 0 Å². The van der Waals surface area contributed by atoms with E-state index >= 15 is 0 Å². The highest BCUT2D eigenvalue weighted by Gasteiger charge is 2.44. The van der Waals surface area contributed by atoms with Crippen molar-refractivity contribution in [2.45, 2.75) is 45.4 Å². The Morgan fingerprint density at radius 3 is 2.34 bits per heavy atom. The van der Waals surface area contributed by atoms with E-state index in [-0.39, 0.29) is 29.7 Å². The van der Waals surface area contributed by atoms with Crippen molar-refractivity contribution in [2.75, 3.05) is 32.8 Å². The molecule has 0 unspecified atom stereocenters. The van der Waals surface area contributed by atoms with Gasteiger partial charge in [-0.25, -0.2) is 8.42 Å². The topological polar surface area (TPSA) is 84.0 Å². The number of Topliss-reactive ketones (excluding diaryl/α,β-unsaturated/α-hetero) is 1. The van der Waals surface area contributed by atoms with Gasteiger partial charge in [0.1, 0.15) is 16.4 Å². The first-order valence-electron chi connectivity index (χ1n) is 9.95. The predicted octanol–water partition coefficient (Wildman–Crippen LogP) is 2.31. The van der Waals surface area contributed by atoms with Crippen molar-refractivity contribution in [2.24, 2.45) is 10.8 Å². The second-order valence-electron chi connectivity index (χ2n) is 9.25. The second-order valence-corrected chi connectivity index (χ2v) is 11.2. The lowest BCUT2D eigenvalue weighted by Crippen LogP contribution is -2.54. The van der Waals surface area contributed by atoms with Crippen molar-refractivity contribution in [1.29, 1.82) is 0 Å². The molecule has 0 saturated carbocycles. The van der Waals surface area contributed by atoms with E-state index in [2.05, 4.69) is 0 Å². The van der Waals surface area contributed by atoms with Gasteiger partial charge in [0.05, 0.1) is 13.2 Å². The molecular formula is C21H30N2O5S. The maximum absolute atomic E-state index is 13.3. The smallest absolute Gasteiger partial charge is 0.247 e. The Hall–Kier alpha value is -1.93. The summed E-state index contributed by atoms with van der Waals surface area (Å²) in [5.74, 6) is 0.203. The van der Waals surface area contributed by atoms with Crippen molar-refractivity contribution in [3.63, 3.8) is 0 Å². The van der Waals surface area contributed by atoms with Crippen molar-refractivity contribution >= 4 is 21.7 Å². The Labute approximate surface area is 173 Å². The van der Waals surface area contributed by atoms with Gasteiger partial charge in [-0.1, -0.05) is 32.9 Å². The number of hydrogen-bond acceptors (Lipinski definition) is 5. The van der Waals surface area contributed by atoms with Gasteiger partial charge in [0.25, 0.3) is 0 Å². The van der Waals surface area contributed by atoms with Gasteiger partial charge in [-0.05, 0) is 31.9 Å². The van der Waals surface area contributed by atoms with Crippen molar-refractivity contribution in [1.82, 2.24) is 9.21 Å². The van der Waals surface area contributed by atoms with Crippen LogP contribution in [0.1, 0.15) is 40.5 Å². The number of rotatable bonds is 2. The molecule has 1 fully saturated rings. The third-order valence-electron chi connectivity index (χ3n) is 5.66. The fourth-order valence-corrected chi connectivity index (χ4v) is 5.71. The molecule has 0 aliphatic carbocycles. The van der Waals surface area contributed by atoms with Crippen molar-refractivity contribution < 1.29 is 22.7 Å². The first-order valence-corrected chi connectivity index (χ1v) is 11.4. The summed E-state index contributed by atoms with van der Waals surface area (Å²) in [7, 11) is -3.86. The minimum absolute atomic E-state index is 0.0939. The first-order chi connectivity index (χ1) is 13.4. The van der Waals surface area contributed by atoms with Crippen molar-refractivity contribution in [3.8, 4) is 5.75 Å². The summed E-state index contributed by atoms with van der Waals surface area (Å²) in [5.41, 5.74) is -0.893. The second kappa shape index (κ2) is 7.72. The van der Waals surface area contributed by atoms with E-state index in [1.54, 1.807) is 18.2 Å². The van der Waals surface area contributed by atoms with E-state index < -0.39 is 20.9 Å². The molecule has 29 heavy (non-hydrogen) atoms. The molecule has 2 aliphatic heterocycles. The van der Waals surface area contributed by atoms with Gasteiger partial charge in [0.15, 0.2) is 0 Å². The normalized spacial score (nSPS) is 21.6. The summed E-state index contributed by atoms with van der Waals surface area (Å²) in [4.78, 5) is 26.4. The molecule has 1 saturated heterocycles. The van der Waals surface area contributed by atoms with Crippen molar-refractivity contribution in [3.05, 3.63) is 24.3 Å². The summed E-state index contributed by atoms with van der Waals surface area (Å²) < 4.78 is 33.8. The van der Waals surface area contributed by atoms with Crippen LogP contribution < -0.4 is 4.74 Å². The summed E-state index contributed by atoms with van der Waals surface area (Å²) >= 11 is 0. The summed E-state index contributed by atoms with van der Waals surface area (Å²) in [6.07, 6.45) is 1.25. The van der Waals surface area contributed by atoms with Gasteiger partial charge in [0, 0.05) is 30.5 Å². The number of benzene rings is 1. The highest BCUT2D eigenvalue weighted by Crippen LogP contribution is 2.39. The fourth-order valence-electron chi connectivity index (χ4n) is 4.01. The molecule has 1 aromatic rings. The Balaban J connectivity index is 1.91. The average molecular weight is 423 g/mol. The van der Waals surface area contributed by atoms with E-state index in [1.807, 2.05) is 25.7 Å². The van der Waals surface area contributed by atoms with Gasteiger partial charge in [-0.15, -0.1) is 0 Å². The number of piperidine rings is 1. The van der Waals surface area contributed by atoms with Crippen LogP contribution >= 0.6 is 0 Å². The SMILES string of the molecule is CC(=O)CN1CC2(CCN(C(=O)C(C)(C)C)CC2)COc2ccccc2S1(=O)=O. The summed E-state index contributed by atoms with van der Waals surface area (Å²) in [5, 5.41) is 0. The van der Waals surface area contributed by atoms with Gasteiger partial charge in [-0.3, -0.25) is 9.59 Å². The third-order valence-corrected chi connectivity index (χ3v) is 7.50. The highest BCUT2D eigenvalue weighted by atomic mass is 32.2. The molecule has 0 N–H and O–H groups in total. The average Bonchev–Trinajstić information content (AvgIpc) is 2.64. The Bertz CT molecular complexity index is 896. The monoisotopic (exact) mass is 422 g/mol. The molecule has 160 valence electrons. The number of para-hydroxylation sites is 1. The first kappa shape index (κ1) is 21.8. The lowest BCUT2D eigenvalue weighted by Gasteiger charge is -2.45. The van der Waals surface area contributed by atoms with Gasteiger partial charge < -0.3 is 9.64 Å². The van der Waals surface area contributed by atoms with Crippen LogP contribution in [0.5, 0.6) is 5.75 Å². The molecule has 1 aromatic carbocycles. The molecule has 0 aromatic heterocycles. The molecule has 8 heteroatoms. The quantitative estimate of drug-likeness (QED) is 0.730. The molecule has 1 amide bonds. The van der Waals surface area contributed by atoms with Gasteiger partial charge in [-0.2, -0.15) is 4.31 Å². The molecule has 3 rings (SSSR count). The zero-order valence-corrected chi connectivity index (χ0v) is 18.4. The number of sulfonamides is 1. The maximum atomic E-state index is 13.3. The number of nitrogens with zero attached hydrogens (tertiary/aromatic N) is 2. The zero-order chi connectivity index (χ0) is 21.4. The number of amides is 1. The van der Waals surface area contributed by atoms with Crippen LogP contribution in [0.2, 0.25) is 0 Å². The molecule has 0 bridgehead atoms. The molecule has 0 atom stereocenters. The van der Waals surface area contributed by atoms with E-state index in [1.165, 1.54) is 17.3 Å². The summed E-state index contributed by atoms with van der Waals surface area (Å²) in [6, 6.07) is 6.55. The number of carbonyl (C=O) groups is 2. The van der Waals surface area contributed by atoms with E-state index in [9.17, 15) is 18.0 Å². The maximum Gasteiger partial charge on any atom is 0.247 e. The predicted molar refractivity (Wildman–Crippen MR) is 109 cm³/mol. The van der Waals surface area contributed by atoms with E-state index in [0.29, 0.717) is 38.3 Å². The minimum atomic E-state index is -3.86. The number of ketones is 1. The number of ether oxygens (including phenoxy) is 1. The van der Waals surface area contributed by atoms with Crippen LogP contribution in [0.15, 0.2) is 29.2 Å². The lowest BCUT2D eigenvalue weighted by atomic mass is 9.78. The fraction of sp³-hybridized carbons (Fsp3) is 0.619. The van der Waals surface area contributed by atoms with Crippen LogP contribution in [-0.2, 0) is 19.6 Å². The largest absolute Gasteiger partial charge is 0.492 e. The van der Waals surface area contributed by atoms with Crippen LogP contribution in [-0.4, -0.2) is 62.1 Å². The zero-order valence-electron chi connectivity index (χ0n) is 17.6. The van der Waals surface area contributed by atoms with Gasteiger partial charge in [0.2, 0.25) is 15.9 Å². The number of fused-ring (bicyclic) bond motifs is 1. The third kappa shape index (κ3) is 4.48. The molecule has 2 heterocycles. The Morgan fingerprint density at radius 2 is 1.76 bits per heavy atom. The molecule has 1 spiro atoms. The van der Waals surface area contributed by atoms with Crippen LogP contribution in [0.4, 0.5) is 0 Å².